The van der Waals surface area contributed by atoms with Gasteiger partial charge in [0.2, 0.25) is 5.91 Å². The number of benzene rings is 2. The fraction of sp³-hybridized carbons (Fsp3) is 0.300. The lowest BCUT2D eigenvalue weighted by Crippen LogP contribution is -2.47. The molecule has 7 nitrogen and oxygen atoms in total. The second-order valence-electron chi connectivity index (χ2n) is 6.51. The first kappa shape index (κ1) is 24.0. The maximum absolute atomic E-state index is 12.8. The maximum atomic E-state index is 12.8. The average molecular weight is 470 g/mol. The van der Waals surface area contributed by atoms with Gasteiger partial charge in [0.15, 0.2) is 0 Å². The van der Waals surface area contributed by atoms with Gasteiger partial charge in [-0.05, 0) is 49.1 Å². The summed E-state index contributed by atoms with van der Waals surface area (Å²) >= 11 is 13.5. The van der Waals surface area contributed by atoms with Crippen LogP contribution in [0.2, 0.25) is 10.0 Å². The second kappa shape index (κ2) is 11.2. The molecular formula is C20H21Cl2N3O4S. The highest BCUT2D eigenvalue weighted by Crippen LogP contribution is 2.22. The predicted molar refractivity (Wildman–Crippen MR) is 120 cm³/mol. The molecule has 2 aromatic carbocycles. The summed E-state index contributed by atoms with van der Waals surface area (Å²) in [5, 5.41) is 17.1. The Bertz CT molecular complexity index is 942. The van der Waals surface area contributed by atoms with E-state index in [1.807, 2.05) is 6.26 Å². The number of carbonyl (C=O) groups is 2. The summed E-state index contributed by atoms with van der Waals surface area (Å²) in [6.07, 6.45) is 2.31. The molecule has 0 aromatic heterocycles. The minimum atomic E-state index is -0.794. The number of nitro benzene ring substituents is 1. The second-order valence-corrected chi connectivity index (χ2v) is 8.34. The largest absolute Gasteiger partial charge is 0.348 e. The Kier molecular flexibility index (Phi) is 8.95. The number of nitrogens with one attached hydrogen (secondary N) is 2. The molecule has 0 heterocycles. The van der Waals surface area contributed by atoms with Crippen LogP contribution in [0.5, 0.6) is 0 Å². The van der Waals surface area contributed by atoms with Crippen LogP contribution in [0.4, 0.5) is 5.69 Å². The van der Waals surface area contributed by atoms with Crippen LogP contribution in [0.25, 0.3) is 0 Å². The number of hydrogen-bond acceptors (Lipinski definition) is 5. The highest BCUT2D eigenvalue weighted by molar-refractivity contribution is 7.98. The molecule has 0 fully saturated rings. The molecule has 2 rings (SSSR count). The first-order valence-corrected chi connectivity index (χ1v) is 11.2. The van der Waals surface area contributed by atoms with Crippen molar-refractivity contribution in [2.24, 2.45) is 0 Å². The van der Waals surface area contributed by atoms with E-state index in [4.69, 9.17) is 23.2 Å². The minimum absolute atomic E-state index is 0.0572. The van der Waals surface area contributed by atoms with Gasteiger partial charge in [0, 0.05) is 17.2 Å². The van der Waals surface area contributed by atoms with Gasteiger partial charge in [-0.1, -0.05) is 35.3 Å². The van der Waals surface area contributed by atoms with Crippen LogP contribution in [-0.4, -0.2) is 34.8 Å². The molecular weight excluding hydrogens is 449 g/mol. The van der Waals surface area contributed by atoms with Crippen molar-refractivity contribution < 1.29 is 14.5 Å². The first-order valence-electron chi connectivity index (χ1n) is 9.02. The van der Waals surface area contributed by atoms with E-state index in [-0.39, 0.29) is 22.2 Å². The first-order chi connectivity index (χ1) is 14.2. The van der Waals surface area contributed by atoms with Crippen LogP contribution in [0.3, 0.4) is 0 Å². The van der Waals surface area contributed by atoms with Gasteiger partial charge in [-0.3, -0.25) is 19.7 Å². The highest BCUT2D eigenvalue weighted by Gasteiger charge is 2.24. The van der Waals surface area contributed by atoms with Crippen LogP contribution in [-0.2, 0) is 4.79 Å². The summed E-state index contributed by atoms with van der Waals surface area (Å²) in [5.41, 5.74) is 0.751. The Morgan fingerprint density at radius 1 is 1.17 bits per heavy atom. The van der Waals surface area contributed by atoms with Crippen LogP contribution in [0.15, 0.2) is 42.5 Å². The van der Waals surface area contributed by atoms with Gasteiger partial charge in [0.05, 0.1) is 21.6 Å². The van der Waals surface area contributed by atoms with E-state index in [0.717, 1.165) is 0 Å². The zero-order chi connectivity index (χ0) is 22.3. The van der Waals surface area contributed by atoms with Gasteiger partial charge in [0.25, 0.3) is 11.6 Å². The van der Waals surface area contributed by atoms with Crippen LogP contribution in [0.1, 0.15) is 35.3 Å². The van der Waals surface area contributed by atoms with Crippen molar-refractivity contribution in [2.45, 2.75) is 25.4 Å². The number of hydrogen-bond donors (Lipinski definition) is 2. The number of non-ortho nitro benzene ring substituents is 1. The Hall–Kier alpha value is -2.29. The Morgan fingerprint density at radius 3 is 2.53 bits per heavy atom. The molecule has 2 N–H and O–H groups in total. The number of nitro groups is 1. The fourth-order valence-corrected chi connectivity index (χ4v) is 3.68. The summed E-state index contributed by atoms with van der Waals surface area (Å²) in [5.74, 6) is -0.222. The molecule has 0 saturated carbocycles. The zero-order valence-corrected chi connectivity index (χ0v) is 18.7. The van der Waals surface area contributed by atoms with Crippen molar-refractivity contribution in [3.63, 3.8) is 0 Å². The third-order valence-electron chi connectivity index (χ3n) is 4.35. The van der Waals surface area contributed by atoms with Crippen LogP contribution in [0, 0.1) is 10.1 Å². The molecule has 0 aliphatic heterocycles. The third kappa shape index (κ3) is 6.62. The average Bonchev–Trinajstić information content (AvgIpc) is 2.70. The van der Waals surface area contributed by atoms with Crippen LogP contribution < -0.4 is 10.6 Å². The molecule has 2 atom stereocenters. The van der Waals surface area contributed by atoms with E-state index in [0.29, 0.717) is 22.8 Å². The maximum Gasteiger partial charge on any atom is 0.269 e. The van der Waals surface area contributed by atoms with Crippen molar-refractivity contribution >= 4 is 52.5 Å². The van der Waals surface area contributed by atoms with Crippen molar-refractivity contribution in [3.05, 3.63) is 73.8 Å². The minimum Gasteiger partial charge on any atom is -0.348 e. The van der Waals surface area contributed by atoms with Gasteiger partial charge in [-0.2, -0.15) is 11.8 Å². The van der Waals surface area contributed by atoms with Gasteiger partial charge < -0.3 is 10.6 Å². The molecule has 30 heavy (non-hydrogen) atoms. The lowest BCUT2D eigenvalue weighted by molar-refractivity contribution is -0.384. The topological polar surface area (TPSA) is 101 Å². The van der Waals surface area contributed by atoms with E-state index >= 15 is 0 Å². The highest BCUT2D eigenvalue weighted by atomic mass is 35.5. The number of nitrogens with zero attached hydrogens (tertiary/aromatic N) is 1. The Labute approximate surface area is 188 Å². The molecule has 0 aliphatic carbocycles. The van der Waals surface area contributed by atoms with Gasteiger partial charge in [-0.15, -0.1) is 0 Å². The summed E-state index contributed by atoms with van der Waals surface area (Å²) in [6, 6.07) is 9.27. The molecule has 0 saturated heterocycles. The molecule has 0 aliphatic rings. The van der Waals surface area contributed by atoms with E-state index in [2.05, 4.69) is 10.6 Å². The number of rotatable bonds is 9. The zero-order valence-electron chi connectivity index (χ0n) is 16.4. The number of halogens is 2. The summed E-state index contributed by atoms with van der Waals surface area (Å²) in [7, 11) is 0. The standard InChI is InChI=1S/C20H21Cl2N3O4S/c1-12(13-4-3-5-15(10-13)25(28)29)23-20(27)18(8-9-30-2)24-19(26)16-7-6-14(21)11-17(16)22/h3-7,10-12,18H,8-9H2,1-2H3,(H,23,27)(H,24,26). The third-order valence-corrected chi connectivity index (χ3v) is 5.54. The lowest BCUT2D eigenvalue weighted by Gasteiger charge is -2.22. The molecule has 160 valence electrons. The van der Waals surface area contributed by atoms with Crippen molar-refractivity contribution in [1.29, 1.82) is 0 Å². The molecule has 2 unspecified atom stereocenters. The molecule has 10 heteroatoms. The molecule has 0 radical (unpaired) electrons. The Balaban J connectivity index is 2.13. The SMILES string of the molecule is CSCCC(NC(=O)c1ccc(Cl)cc1Cl)C(=O)NC(C)c1cccc([N+](=O)[O-])c1. The molecule has 2 amide bonds. The molecule has 2 aromatic rings. The van der Waals surface area contributed by atoms with E-state index in [9.17, 15) is 19.7 Å². The number of thioether (sulfide) groups is 1. The van der Waals surface area contributed by atoms with E-state index in [1.54, 1.807) is 36.9 Å². The molecule has 0 spiro atoms. The van der Waals surface area contributed by atoms with Gasteiger partial charge in [-0.25, -0.2) is 0 Å². The van der Waals surface area contributed by atoms with Gasteiger partial charge >= 0.3 is 0 Å². The summed E-state index contributed by atoms with van der Waals surface area (Å²) in [4.78, 5) is 36.0. The summed E-state index contributed by atoms with van der Waals surface area (Å²) in [6.45, 7) is 1.72. The number of amides is 2. The molecule has 0 bridgehead atoms. The van der Waals surface area contributed by atoms with E-state index < -0.39 is 22.9 Å². The number of carbonyl (C=O) groups excluding carboxylic acids is 2. The normalized spacial score (nSPS) is 12.7. The predicted octanol–water partition coefficient (Wildman–Crippen LogP) is 4.63. The van der Waals surface area contributed by atoms with Crippen molar-refractivity contribution in [3.8, 4) is 0 Å². The monoisotopic (exact) mass is 469 g/mol. The van der Waals surface area contributed by atoms with Crippen LogP contribution >= 0.6 is 35.0 Å². The quantitative estimate of drug-likeness (QED) is 0.411. The smallest absolute Gasteiger partial charge is 0.269 e. The Morgan fingerprint density at radius 2 is 1.90 bits per heavy atom. The van der Waals surface area contributed by atoms with Crippen molar-refractivity contribution in [2.75, 3.05) is 12.0 Å². The van der Waals surface area contributed by atoms with Gasteiger partial charge in [0.1, 0.15) is 6.04 Å². The van der Waals surface area contributed by atoms with E-state index in [1.165, 1.54) is 24.3 Å². The fourth-order valence-electron chi connectivity index (χ4n) is 2.72. The lowest BCUT2D eigenvalue weighted by atomic mass is 10.1. The summed E-state index contributed by atoms with van der Waals surface area (Å²) < 4.78 is 0. The van der Waals surface area contributed by atoms with Crippen molar-refractivity contribution in [1.82, 2.24) is 10.6 Å².